The molecule has 0 aliphatic carbocycles. The van der Waals surface area contributed by atoms with Crippen molar-refractivity contribution in [2.24, 2.45) is 0 Å². The van der Waals surface area contributed by atoms with Crippen LogP contribution in [0.25, 0.3) is 22.3 Å². The summed E-state index contributed by atoms with van der Waals surface area (Å²) in [7, 11) is 0. The van der Waals surface area contributed by atoms with Crippen molar-refractivity contribution >= 4 is 6.29 Å². The Hall–Kier alpha value is -3.87. The third-order valence-corrected chi connectivity index (χ3v) is 4.89. The van der Waals surface area contributed by atoms with Crippen molar-refractivity contribution in [3.05, 3.63) is 120 Å². The van der Waals surface area contributed by atoms with E-state index in [1.165, 1.54) is 35.4 Å². The Kier molecular flexibility index (Phi) is 7.56. The van der Waals surface area contributed by atoms with E-state index in [4.69, 9.17) is 0 Å². The van der Waals surface area contributed by atoms with Crippen molar-refractivity contribution in [3.8, 4) is 22.3 Å². The van der Waals surface area contributed by atoms with Crippen molar-refractivity contribution in [2.75, 3.05) is 0 Å². The highest BCUT2D eigenvalue weighted by Gasteiger charge is 2.38. The van der Waals surface area contributed by atoms with Gasteiger partial charge in [-0.1, -0.05) is 91.0 Å². The first-order valence-electron chi connectivity index (χ1n) is 10.0. The first kappa shape index (κ1) is 24.8. The maximum atomic E-state index is 13.0. The molecule has 1 nitrogen and oxygen atoms in total. The molecule has 0 radical (unpaired) electrons. The molecule has 4 rings (SSSR count). The number of halogens is 6. The molecule has 0 fully saturated rings. The second kappa shape index (κ2) is 10.4. The van der Waals surface area contributed by atoms with Crippen LogP contribution in [0, 0.1) is 0 Å². The Labute approximate surface area is 192 Å². The Morgan fingerprint density at radius 2 is 1.03 bits per heavy atom. The lowest BCUT2D eigenvalue weighted by Crippen LogP contribution is -2.12. The van der Waals surface area contributed by atoms with E-state index in [9.17, 15) is 31.1 Å². The summed E-state index contributed by atoms with van der Waals surface area (Å²) in [4.78, 5) is 10.5. The lowest BCUT2D eigenvalue weighted by molar-refractivity contribution is -0.142. The first-order valence-corrected chi connectivity index (χ1v) is 10.0. The van der Waals surface area contributed by atoms with Gasteiger partial charge in [-0.25, -0.2) is 0 Å². The molecule has 0 amide bonds. The van der Waals surface area contributed by atoms with Gasteiger partial charge in [-0.3, -0.25) is 4.79 Å². The number of benzene rings is 4. The van der Waals surface area contributed by atoms with Crippen LogP contribution >= 0.6 is 0 Å². The molecule has 7 heteroatoms. The maximum Gasteiger partial charge on any atom is 0.417 e. The lowest BCUT2D eigenvalue weighted by atomic mass is 9.96. The molecule has 0 atom stereocenters. The van der Waals surface area contributed by atoms with Crippen molar-refractivity contribution in [3.63, 3.8) is 0 Å². The molecule has 0 N–H and O–H groups in total. The van der Waals surface area contributed by atoms with Crippen LogP contribution in [0.1, 0.15) is 21.5 Å². The summed E-state index contributed by atoms with van der Waals surface area (Å²) in [6.45, 7) is 0. The summed E-state index contributed by atoms with van der Waals surface area (Å²) in [6, 6.07) is 27.3. The molecular formula is C27H18F6O. The van der Waals surface area contributed by atoms with E-state index in [0.717, 1.165) is 6.07 Å². The van der Waals surface area contributed by atoms with Gasteiger partial charge in [-0.05, 0) is 34.4 Å². The predicted octanol–water partition coefficient (Wildman–Crippen LogP) is 8.56. The van der Waals surface area contributed by atoms with Crippen LogP contribution < -0.4 is 0 Å². The normalized spacial score (nSPS) is 11.4. The van der Waals surface area contributed by atoms with Gasteiger partial charge in [0.15, 0.2) is 0 Å². The van der Waals surface area contributed by atoms with Crippen molar-refractivity contribution in [1.82, 2.24) is 0 Å². The second-order valence-corrected chi connectivity index (χ2v) is 7.23. The number of carbonyl (C=O) groups excluding carboxylic acids is 1. The van der Waals surface area contributed by atoms with Gasteiger partial charge in [0.2, 0.25) is 0 Å². The number of hydrogen-bond donors (Lipinski definition) is 0. The van der Waals surface area contributed by atoms with Gasteiger partial charge >= 0.3 is 12.4 Å². The van der Waals surface area contributed by atoms with Crippen LogP contribution in [0.4, 0.5) is 26.3 Å². The molecule has 0 saturated heterocycles. The average Bonchev–Trinajstić information content (AvgIpc) is 2.84. The standard InChI is InChI=1S/C15H8F6O.C12H10/c16-14(17,18)11-5-6-12(13(7-11)15(19,20)21)10-3-1-9(8-22)2-4-10;1-3-7-11(8-4-1)12-9-5-2-6-10-12/h1-8H;1-10H. The van der Waals surface area contributed by atoms with Crippen molar-refractivity contribution < 1.29 is 31.1 Å². The number of hydrogen-bond acceptors (Lipinski definition) is 1. The van der Waals surface area contributed by atoms with Gasteiger partial charge in [0.1, 0.15) is 6.29 Å². The van der Waals surface area contributed by atoms with E-state index in [0.29, 0.717) is 12.4 Å². The Morgan fingerprint density at radius 3 is 1.44 bits per heavy atom. The summed E-state index contributed by atoms with van der Waals surface area (Å²) in [6.07, 6.45) is -9.28. The van der Waals surface area contributed by atoms with Gasteiger partial charge in [-0.15, -0.1) is 0 Å². The molecule has 0 bridgehead atoms. The van der Waals surface area contributed by atoms with Gasteiger partial charge in [0.05, 0.1) is 11.1 Å². The Morgan fingerprint density at radius 1 is 0.529 bits per heavy atom. The third-order valence-electron chi connectivity index (χ3n) is 4.89. The molecule has 174 valence electrons. The SMILES string of the molecule is O=Cc1ccc(-c2ccc(C(F)(F)F)cc2C(F)(F)F)cc1.c1ccc(-c2ccccc2)cc1. The zero-order chi connectivity index (χ0) is 24.8. The van der Waals surface area contributed by atoms with Crippen LogP contribution in [0.5, 0.6) is 0 Å². The minimum absolute atomic E-state index is 0.0756. The Balaban J connectivity index is 0.000000226. The quantitative estimate of drug-likeness (QED) is 0.216. The van der Waals surface area contributed by atoms with Crippen molar-refractivity contribution in [1.29, 1.82) is 0 Å². The van der Waals surface area contributed by atoms with E-state index in [1.807, 2.05) is 12.1 Å². The second-order valence-electron chi connectivity index (χ2n) is 7.23. The summed E-state index contributed by atoms with van der Waals surface area (Å²) in [5, 5.41) is 0. The van der Waals surface area contributed by atoms with E-state index >= 15 is 0 Å². The van der Waals surface area contributed by atoms with Gasteiger partial charge in [0.25, 0.3) is 0 Å². The summed E-state index contributed by atoms with van der Waals surface area (Å²) in [5.74, 6) is 0. The molecule has 34 heavy (non-hydrogen) atoms. The molecule has 0 heterocycles. The van der Waals surface area contributed by atoms with Gasteiger partial charge in [-0.2, -0.15) is 26.3 Å². The molecule has 0 aromatic heterocycles. The monoisotopic (exact) mass is 472 g/mol. The van der Waals surface area contributed by atoms with E-state index < -0.39 is 23.5 Å². The lowest BCUT2D eigenvalue weighted by Gasteiger charge is -2.16. The fourth-order valence-electron chi connectivity index (χ4n) is 3.21. The summed E-state index contributed by atoms with van der Waals surface area (Å²) in [5.41, 5.74) is -0.237. The summed E-state index contributed by atoms with van der Waals surface area (Å²) < 4.78 is 76.8. The molecule has 4 aromatic carbocycles. The van der Waals surface area contributed by atoms with E-state index in [2.05, 4.69) is 48.5 Å². The van der Waals surface area contributed by atoms with E-state index in [-0.39, 0.29) is 22.8 Å². The zero-order valence-corrected chi connectivity index (χ0v) is 17.6. The first-order chi connectivity index (χ1) is 16.1. The minimum Gasteiger partial charge on any atom is -0.298 e. The predicted molar refractivity (Wildman–Crippen MR) is 119 cm³/mol. The minimum atomic E-state index is -4.93. The topological polar surface area (TPSA) is 17.1 Å². The highest BCUT2D eigenvalue weighted by atomic mass is 19.4. The van der Waals surface area contributed by atoms with Crippen LogP contribution in [0.2, 0.25) is 0 Å². The highest BCUT2D eigenvalue weighted by molar-refractivity contribution is 5.77. The molecule has 4 aromatic rings. The van der Waals surface area contributed by atoms with Crippen LogP contribution in [0.15, 0.2) is 103 Å². The molecular weight excluding hydrogens is 454 g/mol. The fourth-order valence-corrected chi connectivity index (χ4v) is 3.21. The Bertz CT molecular complexity index is 1170. The average molecular weight is 472 g/mol. The summed E-state index contributed by atoms with van der Waals surface area (Å²) >= 11 is 0. The highest BCUT2D eigenvalue weighted by Crippen LogP contribution is 2.40. The number of carbonyl (C=O) groups is 1. The third kappa shape index (κ3) is 6.34. The molecule has 0 aliphatic heterocycles. The maximum absolute atomic E-state index is 13.0. The van der Waals surface area contributed by atoms with Crippen LogP contribution in [0.3, 0.4) is 0 Å². The number of rotatable bonds is 3. The molecule has 0 unspecified atom stereocenters. The number of aldehydes is 1. The van der Waals surface area contributed by atoms with Gasteiger partial charge in [0, 0.05) is 5.56 Å². The van der Waals surface area contributed by atoms with Gasteiger partial charge < -0.3 is 0 Å². The molecule has 0 aliphatic rings. The smallest absolute Gasteiger partial charge is 0.298 e. The zero-order valence-electron chi connectivity index (χ0n) is 17.6. The van der Waals surface area contributed by atoms with Crippen LogP contribution in [-0.2, 0) is 12.4 Å². The largest absolute Gasteiger partial charge is 0.417 e. The van der Waals surface area contributed by atoms with Crippen LogP contribution in [-0.4, -0.2) is 6.29 Å². The fraction of sp³-hybridized carbons (Fsp3) is 0.0741. The molecule has 0 spiro atoms. The van der Waals surface area contributed by atoms with Crippen molar-refractivity contribution in [2.45, 2.75) is 12.4 Å². The molecule has 0 saturated carbocycles. The van der Waals surface area contributed by atoms with E-state index in [1.54, 1.807) is 0 Å². The number of alkyl halides is 6.